The first-order valence-corrected chi connectivity index (χ1v) is 11.7. The lowest BCUT2D eigenvalue weighted by atomic mass is 9.87. The van der Waals surface area contributed by atoms with Gasteiger partial charge in [-0.3, -0.25) is 14.6 Å². The van der Waals surface area contributed by atoms with E-state index in [1.807, 2.05) is 6.07 Å². The normalized spacial score (nSPS) is 21.1. The monoisotopic (exact) mass is 494 g/mol. The minimum atomic E-state index is -0.833. The van der Waals surface area contributed by atoms with Crippen LogP contribution in [0.4, 0.5) is 14.5 Å². The maximum absolute atomic E-state index is 15.2. The second kappa shape index (κ2) is 9.55. The van der Waals surface area contributed by atoms with Crippen LogP contribution in [0.3, 0.4) is 0 Å². The number of ether oxygens (including phenoxy) is 1. The SMILES string of the molecule is O=C(NC1=NC[C@H]2COC[C@]2(c2cc(NC(=O)c3ccc(F)cn3)ccc2F)S1)c1ccccc1. The Bertz CT molecular complexity index is 1300. The Kier molecular flexibility index (Phi) is 6.31. The van der Waals surface area contributed by atoms with E-state index < -0.39 is 22.3 Å². The van der Waals surface area contributed by atoms with Gasteiger partial charge in [0.15, 0.2) is 5.17 Å². The molecule has 5 rings (SSSR count). The number of nitrogens with one attached hydrogen (secondary N) is 2. The Morgan fingerprint density at radius 1 is 1.03 bits per heavy atom. The number of halogens is 2. The van der Waals surface area contributed by atoms with Crippen LogP contribution in [0.15, 0.2) is 71.9 Å². The summed E-state index contributed by atoms with van der Waals surface area (Å²) in [5.41, 5.74) is 1.22. The summed E-state index contributed by atoms with van der Waals surface area (Å²) in [5, 5.41) is 5.89. The Morgan fingerprint density at radius 3 is 2.63 bits per heavy atom. The Balaban J connectivity index is 1.40. The van der Waals surface area contributed by atoms with E-state index in [0.29, 0.717) is 35.1 Å². The number of nitrogens with zero attached hydrogens (tertiary/aromatic N) is 2. The molecule has 178 valence electrons. The van der Waals surface area contributed by atoms with Crippen LogP contribution in [0.25, 0.3) is 0 Å². The van der Waals surface area contributed by atoms with Crippen molar-refractivity contribution in [1.29, 1.82) is 0 Å². The standard InChI is InChI=1S/C25H20F2N4O3S/c26-17-6-9-21(28-12-17)23(33)30-18-7-8-20(27)19(10-18)25-14-34-13-16(25)11-29-24(35-25)31-22(32)15-4-2-1-3-5-15/h1-10,12,16H,11,13-14H2,(H,30,33)(H,29,31,32)/t16-,25-/m0/s1. The van der Waals surface area contributed by atoms with Gasteiger partial charge in [0.1, 0.15) is 17.3 Å². The summed E-state index contributed by atoms with van der Waals surface area (Å²) in [6, 6.07) is 15.4. The Hall–Kier alpha value is -3.63. The van der Waals surface area contributed by atoms with E-state index in [4.69, 9.17) is 4.74 Å². The van der Waals surface area contributed by atoms with Crippen molar-refractivity contribution in [1.82, 2.24) is 10.3 Å². The van der Waals surface area contributed by atoms with Crippen LogP contribution in [-0.4, -0.2) is 41.7 Å². The number of hydrogen-bond donors (Lipinski definition) is 2. The fourth-order valence-electron chi connectivity index (χ4n) is 4.13. The van der Waals surface area contributed by atoms with Crippen LogP contribution in [0.1, 0.15) is 26.4 Å². The molecule has 0 saturated carbocycles. The molecule has 2 N–H and O–H groups in total. The first-order valence-electron chi connectivity index (χ1n) is 10.9. The average Bonchev–Trinajstić information content (AvgIpc) is 3.30. The van der Waals surface area contributed by atoms with Gasteiger partial charge in [-0.1, -0.05) is 30.0 Å². The second-order valence-electron chi connectivity index (χ2n) is 8.18. The summed E-state index contributed by atoms with van der Waals surface area (Å²) < 4.78 is 33.2. The van der Waals surface area contributed by atoms with E-state index in [2.05, 4.69) is 20.6 Å². The molecule has 3 aromatic rings. The maximum atomic E-state index is 15.2. The molecule has 2 amide bonds. The van der Waals surface area contributed by atoms with Crippen LogP contribution in [0.2, 0.25) is 0 Å². The predicted octanol–water partition coefficient (Wildman–Crippen LogP) is 3.99. The second-order valence-corrected chi connectivity index (χ2v) is 9.50. The Labute approximate surface area is 204 Å². The number of benzene rings is 2. The number of anilines is 1. The molecule has 1 aromatic heterocycles. The third kappa shape index (κ3) is 4.67. The molecule has 0 spiro atoms. The molecule has 2 aliphatic heterocycles. The van der Waals surface area contributed by atoms with Crippen molar-refractivity contribution >= 4 is 34.4 Å². The first kappa shape index (κ1) is 23.1. The van der Waals surface area contributed by atoms with E-state index in [1.54, 1.807) is 30.3 Å². The summed E-state index contributed by atoms with van der Waals surface area (Å²) >= 11 is 1.25. The van der Waals surface area contributed by atoms with Crippen molar-refractivity contribution in [2.45, 2.75) is 4.75 Å². The number of carbonyl (C=O) groups excluding carboxylic acids is 2. The average molecular weight is 495 g/mol. The van der Waals surface area contributed by atoms with Crippen LogP contribution >= 0.6 is 11.8 Å². The van der Waals surface area contributed by atoms with Crippen LogP contribution in [0.5, 0.6) is 0 Å². The molecule has 0 bridgehead atoms. The number of thioether (sulfide) groups is 1. The van der Waals surface area contributed by atoms with Gasteiger partial charge in [0.25, 0.3) is 11.8 Å². The topological polar surface area (TPSA) is 92.7 Å². The Morgan fingerprint density at radius 2 is 1.86 bits per heavy atom. The van der Waals surface area contributed by atoms with Crippen molar-refractivity contribution in [3.8, 4) is 0 Å². The molecule has 2 aliphatic rings. The van der Waals surface area contributed by atoms with Gasteiger partial charge in [-0.2, -0.15) is 0 Å². The molecule has 3 heterocycles. The number of pyridine rings is 1. The van der Waals surface area contributed by atoms with E-state index in [0.717, 1.165) is 12.3 Å². The van der Waals surface area contributed by atoms with Crippen molar-refractivity contribution in [3.05, 3.63) is 95.3 Å². The minimum absolute atomic E-state index is 0.0302. The summed E-state index contributed by atoms with van der Waals surface area (Å²) in [6.45, 7) is 0.968. The van der Waals surface area contributed by atoms with Crippen LogP contribution in [-0.2, 0) is 9.48 Å². The molecule has 1 saturated heterocycles. The number of carbonyl (C=O) groups is 2. The summed E-state index contributed by atoms with van der Waals surface area (Å²) in [5.74, 6) is -1.99. The molecular weight excluding hydrogens is 474 g/mol. The summed E-state index contributed by atoms with van der Waals surface area (Å²) in [7, 11) is 0. The number of amides is 2. The molecule has 2 atom stereocenters. The summed E-state index contributed by atoms with van der Waals surface area (Å²) in [4.78, 5) is 33.5. The molecule has 0 aliphatic carbocycles. The van der Waals surface area contributed by atoms with Gasteiger partial charge >= 0.3 is 0 Å². The van der Waals surface area contributed by atoms with Crippen molar-refractivity contribution < 1.29 is 23.1 Å². The smallest absolute Gasteiger partial charge is 0.274 e. The van der Waals surface area contributed by atoms with Crippen LogP contribution < -0.4 is 10.6 Å². The maximum Gasteiger partial charge on any atom is 0.274 e. The molecule has 10 heteroatoms. The fraction of sp³-hybridized carbons (Fsp3) is 0.200. The minimum Gasteiger partial charge on any atom is -0.379 e. The van der Waals surface area contributed by atoms with E-state index >= 15 is 4.39 Å². The number of hydrogen-bond acceptors (Lipinski definition) is 6. The predicted molar refractivity (Wildman–Crippen MR) is 128 cm³/mol. The highest BCUT2D eigenvalue weighted by molar-refractivity contribution is 8.14. The van der Waals surface area contributed by atoms with E-state index in [1.165, 1.54) is 30.0 Å². The van der Waals surface area contributed by atoms with Gasteiger partial charge in [0.05, 0.1) is 24.2 Å². The number of aromatic nitrogens is 1. The third-order valence-corrected chi connectivity index (χ3v) is 7.39. The van der Waals surface area contributed by atoms with E-state index in [-0.39, 0.29) is 24.1 Å². The fourth-order valence-corrected chi connectivity index (χ4v) is 5.47. The molecule has 2 aromatic carbocycles. The largest absolute Gasteiger partial charge is 0.379 e. The molecule has 0 radical (unpaired) electrons. The number of rotatable bonds is 4. The zero-order valence-corrected chi connectivity index (χ0v) is 19.1. The van der Waals surface area contributed by atoms with Crippen molar-refractivity contribution in [2.75, 3.05) is 25.1 Å². The molecule has 7 nitrogen and oxygen atoms in total. The van der Waals surface area contributed by atoms with Gasteiger partial charge in [0.2, 0.25) is 0 Å². The van der Waals surface area contributed by atoms with Gasteiger partial charge in [-0.05, 0) is 42.5 Å². The molecule has 0 unspecified atom stereocenters. The summed E-state index contributed by atoms with van der Waals surface area (Å²) in [6.07, 6.45) is 0.952. The number of aliphatic imine (C=N–C) groups is 1. The molecule has 1 fully saturated rings. The number of fused-ring (bicyclic) bond motifs is 1. The highest BCUT2D eigenvalue weighted by Crippen LogP contribution is 2.51. The quantitative estimate of drug-likeness (QED) is 0.572. The highest BCUT2D eigenvalue weighted by atomic mass is 32.2. The molecule has 35 heavy (non-hydrogen) atoms. The van der Waals surface area contributed by atoms with Gasteiger partial charge in [-0.25, -0.2) is 13.8 Å². The van der Waals surface area contributed by atoms with Gasteiger partial charge < -0.3 is 15.4 Å². The lowest BCUT2D eigenvalue weighted by Crippen LogP contribution is -2.42. The highest BCUT2D eigenvalue weighted by Gasteiger charge is 2.51. The lowest BCUT2D eigenvalue weighted by molar-refractivity contribution is 0.0976. The van der Waals surface area contributed by atoms with Crippen molar-refractivity contribution in [3.63, 3.8) is 0 Å². The zero-order valence-electron chi connectivity index (χ0n) is 18.3. The van der Waals surface area contributed by atoms with Gasteiger partial charge in [0, 0.05) is 29.3 Å². The first-order chi connectivity index (χ1) is 16.9. The zero-order chi connectivity index (χ0) is 24.4. The third-order valence-electron chi connectivity index (χ3n) is 5.93. The van der Waals surface area contributed by atoms with Crippen molar-refractivity contribution in [2.24, 2.45) is 10.9 Å². The molecular formula is C25H20F2N4O3S. The van der Waals surface area contributed by atoms with E-state index in [9.17, 15) is 14.0 Å². The van der Waals surface area contributed by atoms with Crippen LogP contribution in [0, 0.1) is 17.6 Å². The van der Waals surface area contributed by atoms with Gasteiger partial charge in [-0.15, -0.1) is 0 Å². The lowest BCUT2D eigenvalue weighted by Gasteiger charge is -2.36. The number of amidine groups is 1.